The van der Waals surface area contributed by atoms with E-state index in [9.17, 15) is 22.8 Å². The predicted octanol–water partition coefficient (Wildman–Crippen LogP) is 2.68. The van der Waals surface area contributed by atoms with Crippen molar-refractivity contribution >= 4 is 17.5 Å². The molecule has 1 aliphatic heterocycles. The number of para-hydroxylation sites is 1. The van der Waals surface area contributed by atoms with Crippen LogP contribution in [0.3, 0.4) is 0 Å². The molecule has 10 heteroatoms. The zero-order valence-corrected chi connectivity index (χ0v) is 16.0. The Morgan fingerprint density at radius 3 is 2.53 bits per heavy atom. The van der Waals surface area contributed by atoms with Crippen LogP contribution in [0.5, 0.6) is 5.75 Å². The number of nitrogens with zero attached hydrogens (tertiary/aromatic N) is 2. The fraction of sp³-hybridized carbons (Fsp3) is 0.350. The van der Waals surface area contributed by atoms with Crippen LogP contribution < -0.4 is 15.8 Å². The van der Waals surface area contributed by atoms with Gasteiger partial charge in [-0.3, -0.25) is 9.59 Å². The van der Waals surface area contributed by atoms with Crippen molar-refractivity contribution < 1.29 is 27.5 Å². The van der Waals surface area contributed by atoms with E-state index >= 15 is 0 Å². The van der Waals surface area contributed by atoms with Gasteiger partial charge in [-0.25, -0.2) is 4.98 Å². The van der Waals surface area contributed by atoms with Gasteiger partial charge in [0.2, 0.25) is 5.91 Å². The SMILES string of the molecule is NC(=O)c1ncccc1NCC(=O)N1CCC(Oc2ccccc2C(F)(F)F)CC1. The first-order valence-corrected chi connectivity index (χ1v) is 9.35. The van der Waals surface area contributed by atoms with Crippen molar-refractivity contribution in [3.63, 3.8) is 0 Å². The highest BCUT2D eigenvalue weighted by Crippen LogP contribution is 2.36. The van der Waals surface area contributed by atoms with Gasteiger partial charge in [0.1, 0.15) is 11.9 Å². The van der Waals surface area contributed by atoms with Gasteiger partial charge < -0.3 is 20.7 Å². The lowest BCUT2D eigenvalue weighted by Crippen LogP contribution is -2.44. The summed E-state index contributed by atoms with van der Waals surface area (Å²) in [6.45, 7) is 0.651. The lowest BCUT2D eigenvalue weighted by Gasteiger charge is -2.32. The third-order valence-corrected chi connectivity index (χ3v) is 4.75. The molecular formula is C20H21F3N4O3. The van der Waals surface area contributed by atoms with Crippen LogP contribution >= 0.6 is 0 Å². The number of hydrogen-bond acceptors (Lipinski definition) is 5. The van der Waals surface area contributed by atoms with Crippen LogP contribution in [0.1, 0.15) is 28.9 Å². The summed E-state index contributed by atoms with van der Waals surface area (Å²) in [6, 6.07) is 8.30. The Labute approximate surface area is 171 Å². The van der Waals surface area contributed by atoms with Crippen molar-refractivity contribution in [1.82, 2.24) is 9.88 Å². The second-order valence-corrected chi connectivity index (χ2v) is 6.81. The molecule has 3 N–H and O–H groups in total. The molecule has 7 nitrogen and oxygen atoms in total. The number of halogens is 3. The molecule has 3 rings (SSSR count). The van der Waals surface area contributed by atoms with Gasteiger partial charge in [0.05, 0.1) is 17.8 Å². The molecule has 1 aromatic carbocycles. The summed E-state index contributed by atoms with van der Waals surface area (Å²) in [5.74, 6) is -1.11. The molecule has 0 saturated carbocycles. The zero-order chi connectivity index (χ0) is 21.7. The summed E-state index contributed by atoms with van der Waals surface area (Å²) in [5, 5.41) is 2.86. The minimum absolute atomic E-state index is 0.0424. The van der Waals surface area contributed by atoms with E-state index in [0.29, 0.717) is 31.6 Å². The van der Waals surface area contributed by atoms with E-state index in [0.717, 1.165) is 6.07 Å². The van der Waals surface area contributed by atoms with Crippen LogP contribution in [-0.4, -0.2) is 47.4 Å². The van der Waals surface area contributed by atoms with Crippen LogP contribution in [-0.2, 0) is 11.0 Å². The first kappa shape index (κ1) is 21.4. The molecule has 2 heterocycles. The largest absolute Gasteiger partial charge is 0.490 e. The molecule has 0 bridgehead atoms. The van der Waals surface area contributed by atoms with Crippen LogP contribution in [0.15, 0.2) is 42.6 Å². The maximum Gasteiger partial charge on any atom is 0.419 e. The maximum absolute atomic E-state index is 13.1. The number of amides is 2. The van der Waals surface area contributed by atoms with E-state index in [1.165, 1.54) is 24.4 Å². The molecular weight excluding hydrogens is 401 g/mol. The van der Waals surface area contributed by atoms with Crippen molar-refractivity contribution in [1.29, 1.82) is 0 Å². The Morgan fingerprint density at radius 1 is 1.17 bits per heavy atom. The number of carbonyl (C=O) groups is 2. The number of anilines is 1. The molecule has 0 unspecified atom stereocenters. The summed E-state index contributed by atoms with van der Waals surface area (Å²) in [5.41, 5.74) is 4.85. The Balaban J connectivity index is 1.53. The number of hydrogen-bond donors (Lipinski definition) is 2. The highest BCUT2D eigenvalue weighted by atomic mass is 19.4. The Bertz CT molecular complexity index is 912. The number of alkyl halides is 3. The van der Waals surface area contributed by atoms with Gasteiger partial charge in [-0.1, -0.05) is 12.1 Å². The van der Waals surface area contributed by atoms with Crippen LogP contribution in [0.2, 0.25) is 0 Å². The summed E-state index contributed by atoms with van der Waals surface area (Å²) in [4.78, 5) is 29.3. The minimum atomic E-state index is -4.49. The molecule has 1 fully saturated rings. The molecule has 0 radical (unpaired) electrons. The third kappa shape index (κ3) is 5.19. The third-order valence-electron chi connectivity index (χ3n) is 4.75. The molecule has 2 amide bonds. The summed E-state index contributed by atoms with van der Waals surface area (Å²) < 4.78 is 44.9. The first-order chi connectivity index (χ1) is 14.3. The van der Waals surface area contributed by atoms with Gasteiger partial charge in [-0.2, -0.15) is 13.2 Å². The van der Waals surface area contributed by atoms with Gasteiger partial charge in [-0.15, -0.1) is 0 Å². The number of rotatable bonds is 6. The molecule has 0 spiro atoms. The van der Waals surface area contributed by atoms with E-state index in [-0.39, 0.29) is 23.9 Å². The highest BCUT2D eigenvalue weighted by Gasteiger charge is 2.35. The highest BCUT2D eigenvalue weighted by molar-refractivity contribution is 5.96. The van der Waals surface area contributed by atoms with Gasteiger partial charge >= 0.3 is 6.18 Å². The Morgan fingerprint density at radius 2 is 1.87 bits per heavy atom. The van der Waals surface area contributed by atoms with Gasteiger partial charge in [0, 0.05) is 32.1 Å². The fourth-order valence-corrected chi connectivity index (χ4v) is 3.23. The van der Waals surface area contributed by atoms with Crippen molar-refractivity contribution in [2.24, 2.45) is 5.73 Å². The molecule has 30 heavy (non-hydrogen) atoms. The van der Waals surface area contributed by atoms with E-state index in [2.05, 4.69) is 10.3 Å². The van der Waals surface area contributed by atoms with E-state index in [4.69, 9.17) is 10.5 Å². The molecule has 160 valence electrons. The van der Waals surface area contributed by atoms with E-state index in [1.807, 2.05) is 0 Å². The van der Waals surface area contributed by atoms with Crippen molar-refractivity contribution in [3.05, 3.63) is 53.9 Å². The lowest BCUT2D eigenvalue weighted by molar-refractivity contribution is -0.139. The molecule has 2 aromatic rings. The maximum atomic E-state index is 13.1. The standard InChI is InChI=1S/C20H21F3N4O3/c21-20(22,23)14-4-1-2-6-16(14)30-13-7-10-27(11-8-13)17(28)12-26-15-5-3-9-25-18(15)19(24)29/h1-6,9,13,26H,7-8,10-12H2,(H2,24,29). The van der Waals surface area contributed by atoms with Gasteiger partial charge in [-0.05, 0) is 24.3 Å². The number of aromatic nitrogens is 1. The topological polar surface area (TPSA) is 97.6 Å². The predicted molar refractivity (Wildman–Crippen MR) is 103 cm³/mol. The van der Waals surface area contributed by atoms with Crippen molar-refractivity contribution in [3.8, 4) is 5.75 Å². The van der Waals surface area contributed by atoms with Crippen molar-refractivity contribution in [2.45, 2.75) is 25.1 Å². The summed E-state index contributed by atoms with van der Waals surface area (Å²) in [7, 11) is 0. The molecule has 1 saturated heterocycles. The fourth-order valence-electron chi connectivity index (χ4n) is 3.23. The molecule has 0 atom stereocenters. The van der Waals surface area contributed by atoms with Crippen LogP contribution in [0, 0.1) is 0 Å². The first-order valence-electron chi connectivity index (χ1n) is 9.35. The Hall–Kier alpha value is -3.30. The second-order valence-electron chi connectivity index (χ2n) is 6.81. The molecule has 1 aliphatic rings. The number of primary amides is 1. The second kappa shape index (κ2) is 9.02. The van der Waals surface area contributed by atoms with Crippen molar-refractivity contribution in [2.75, 3.05) is 25.0 Å². The van der Waals surface area contributed by atoms with Gasteiger partial charge in [0.15, 0.2) is 5.69 Å². The average molecular weight is 422 g/mol. The van der Waals surface area contributed by atoms with E-state index < -0.39 is 23.8 Å². The van der Waals surface area contributed by atoms with E-state index in [1.54, 1.807) is 17.0 Å². The Kier molecular flexibility index (Phi) is 6.43. The smallest absolute Gasteiger partial charge is 0.419 e. The monoisotopic (exact) mass is 422 g/mol. The number of piperidine rings is 1. The number of nitrogens with one attached hydrogen (secondary N) is 1. The normalized spacial score (nSPS) is 15.0. The average Bonchev–Trinajstić information content (AvgIpc) is 2.72. The number of likely N-dealkylation sites (tertiary alicyclic amines) is 1. The zero-order valence-electron chi connectivity index (χ0n) is 16.0. The lowest BCUT2D eigenvalue weighted by atomic mass is 10.1. The summed E-state index contributed by atoms with van der Waals surface area (Å²) in [6.07, 6.45) is -2.65. The van der Waals surface area contributed by atoms with Gasteiger partial charge in [0.25, 0.3) is 5.91 Å². The number of nitrogens with two attached hydrogens (primary N) is 1. The number of benzene rings is 1. The van der Waals surface area contributed by atoms with Crippen LogP contribution in [0.25, 0.3) is 0 Å². The number of pyridine rings is 1. The number of carbonyl (C=O) groups excluding carboxylic acids is 2. The molecule has 0 aliphatic carbocycles. The molecule has 1 aromatic heterocycles. The summed E-state index contributed by atoms with van der Waals surface area (Å²) >= 11 is 0. The quantitative estimate of drug-likeness (QED) is 0.746. The number of ether oxygens (including phenoxy) is 1. The van der Waals surface area contributed by atoms with Crippen LogP contribution in [0.4, 0.5) is 18.9 Å². The minimum Gasteiger partial charge on any atom is -0.490 e.